The van der Waals surface area contributed by atoms with Crippen LogP contribution in [0.2, 0.25) is 5.15 Å². The zero-order valence-corrected chi connectivity index (χ0v) is 10.1. The SMILES string of the molecule is CC(=O)Nc1nc(-c2ccco2)nc(Cl)c1C. The van der Waals surface area contributed by atoms with Crippen LogP contribution in [0, 0.1) is 6.92 Å². The Morgan fingerprint density at radius 2 is 2.24 bits per heavy atom. The minimum Gasteiger partial charge on any atom is -0.461 e. The second-order valence-corrected chi connectivity index (χ2v) is 3.83. The van der Waals surface area contributed by atoms with Crippen molar-refractivity contribution in [3.8, 4) is 11.6 Å². The number of anilines is 1. The van der Waals surface area contributed by atoms with Gasteiger partial charge in [-0.1, -0.05) is 11.6 Å². The number of nitrogens with one attached hydrogen (secondary N) is 1. The summed E-state index contributed by atoms with van der Waals surface area (Å²) in [6.45, 7) is 3.14. The van der Waals surface area contributed by atoms with Crippen molar-refractivity contribution < 1.29 is 9.21 Å². The van der Waals surface area contributed by atoms with Crippen molar-refractivity contribution >= 4 is 23.3 Å². The predicted molar refractivity (Wildman–Crippen MR) is 63.8 cm³/mol. The van der Waals surface area contributed by atoms with Crippen molar-refractivity contribution in [1.29, 1.82) is 0 Å². The molecular formula is C11H10ClN3O2. The Kier molecular flexibility index (Phi) is 3.10. The van der Waals surface area contributed by atoms with Gasteiger partial charge in [0.25, 0.3) is 0 Å². The maximum atomic E-state index is 11.0. The molecule has 0 aliphatic rings. The third-order valence-corrected chi connectivity index (χ3v) is 2.49. The summed E-state index contributed by atoms with van der Waals surface area (Å²) in [4.78, 5) is 19.3. The van der Waals surface area contributed by atoms with Crippen molar-refractivity contribution in [2.75, 3.05) is 5.32 Å². The van der Waals surface area contributed by atoms with E-state index in [0.717, 1.165) is 0 Å². The highest BCUT2D eigenvalue weighted by atomic mass is 35.5. The summed E-state index contributed by atoms with van der Waals surface area (Å²) in [5.41, 5.74) is 0.622. The van der Waals surface area contributed by atoms with Gasteiger partial charge >= 0.3 is 0 Å². The van der Waals surface area contributed by atoms with Crippen LogP contribution < -0.4 is 5.32 Å². The maximum absolute atomic E-state index is 11.0. The molecule has 0 aliphatic carbocycles. The van der Waals surface area contributed by atoms with Gasteiger partial charge in [-0.15, -0.1) is 0 Å². The Balaban J connectivity index is 2.49. The van der Waals surface area contributed by atoms with Crippen LogP contribution in [0.1, 0.15) is 12.5 Å². The highest BCUT2D eigenvalue weighted by Crippen LogP contribution is 2.24. The molecular weight excluding hydrogens is 242 g/mol. The lowest BCUT2D eigenvalue weighted by Crippen LogP contribution is -2.10. The largest absolute Gasteiger partial charge is 0.461 e. The Morgan fingerprint density at radius 3 is 2.82 bits per heavy atom. The Morgan fingerprint density at radius 1 is 1.47 bits per heavy atom. The van der Waals surface area contributed by atoms with E-state index in [9.17, 15) is 4.79 Å². The molecule has 88 valence electrons. The quantitative estimate of drug-likeness (QED) is 0.833. The lowest BCUT2D eigenvalue weighted by atomic mass is 10.3. The van der Waals surface area contributed by atoms with Crippen molar-refractivity contribution in [2.45, 2.75) is 13.8 Å². The van der Waals surface area contributed by atoms with Crippen molar-refractivity contribution in [2.24, 2.45) is 0 Å². The number of rotatable bonds is 2. The van der Waals surface area contributed by atoms with Crippen molar-refractivity contribution in [3.63, 3.8) is 0 Å². The maximum Gasteiger partial charge on any atom is 0.222 e. The van der Waals surface area contributed by atoms with Gasteiger partial charge in [0.15, 0.2) is 11.6 Å². The summed E-state index contributed by atoms with van der Waals surface area (Å²) in [7, 11) is 0. The first-order valence-electron chi connectivity index (χ1n) is 4.93. The molecule has 0 unspecified atom stereocenters. The number of carbonyl (C=O) groups is 1. The highest BCUT2D eigenvalue weighted by Gasteiger charge is 2.13. The van der Waals surface area contributed by atoms with E-state index in [2.05, 4.69) is 15.3 Å². The summed E-state index contributed by atoms with van der Waals surface area (Å²) in [5.74, 6) is 1.02. The number of nitrogens with zero attached hydrogens (tertiary/aromatic N) is 2. The molecule has 0 bridgehead atoms. The monoisotopic (exact) mass is 251 g/mol. The number of furan rings is 1. The molecule has 2 heterocycles. The molecule has 2 aromatic rings. The summed E-state index contributed by atoms with van der Waals surface area (Å²) in [6.07, 6.45) is 1.52. The van der Waals surface area contributed by atoms with Gasteiger partial charge in [-0.25, -0.2) is 9.97 Å². The third-order valence-electron chi connectivity index (χ3n) is 2.12. The number of aromatic nitrogens is 2. The smallest absolute Gasteiger partial charge is 0.222 e. The van der Waals surface area contributed by atoms with Gasteiger partial charge < -0.3 is 9.73 Å². The van der Waals surface area contributed by atoms with Crippen LogP contribution in [-0.4, -0.2) is 15.9 Å². The van der Waals surface area contributed by atoms with E-state index in [4.69, 9.17) is 16.0 Å². The van der Waals surface area contributed by atoms with E-state index in [1.54, 1.807) is 19.1 Å². The molecule has 1 amide bonds. The zero-order chi connectivity index (χ0) is 12.4. The molecule has 0 aliphatic heterocycles. The Labute approximate surface area is 103 Å². The van der Waals surface area contributed by atoms with Gasteiger partial charge in [-0.05, 0) is 19.1 Å². The molecule has 6 heteroatoms. The third kappa shape index (κ3) is 2.45. The molecule has 17 heavy (non-hydrogen) atoms. The first kappa shape index (κ1) is 11.6. The standard InChI is InChI=1S/C11H10ClN3O2/c1-6-9(12)14-11(8-4-3-5-17-8)15-10(6)13-7(2)16/h3-5H,1-2H3,(H,13,14,15,16). The van der Waals surface area contributed by atoms with Gasteiger partial charge in [0.2, 0.25) is 5.91 Å². The number of hydrogen-bond acceptors (Lipinski definition) is 4. The number of amides is 1. The van der Waals surface area contributed by atoms with E-state index in [0.29, 0.717) is 23.0 Å². The van der Waals surface area contributed by atoms with E-state index >= 15 is 0 Å². The second kappa shape index (κ2) is 4.55. The molecule has 1 N–H and O–H groups in total. The number of carbonyl (C=O) groups excluding carboxylic acids is 1. The molecule has 2 aromatic heterocycles. The fraction of sp³-hybridized carbons (Fsp3) is 0.182. The van der Waals surface area contributed by atoms with Gasteiger partial charge in [0.05, 0.1) is 6.26 Å². The lowest BCUT2D eigenvalue weighted by Gasteiger charge is -2.07. The molecule has 0 fully saturated rings. The van der Waals surface area contributed by atoms with E-state index in [1.807, 2.05) is 0 Å². The van der Waals surface area contributed by atoms with Crippen LogP contribution >= 0.6 is 11.6 Å². The first-order chi connectivity index (χ1) is 8.08. The van der Waals surface area contributed by atoms with Crippen LogP contribution in [-0.2, 0) is 4.79 Å². The fourth-order valence-corrected chi connectivity index (χ4v) is 1.46. The van der Waals surface area contributed by atoms with Gasteiger partial charge in [0.1, 0.15) is 11.0 Å². The molecule has 0 saturated heterocycles. The average molecular weight is 252 g/mol. The van der Waals surface area contributed by atoms with Crippen LogP contribution in [0.25, 0.3) is 11.6 Å². The van der Waals surface area contributed by atoms with E-state index in [1.165, 1.54) is 13.2 Å². The fourth-order valence-electron chi connectivity index (χ4n) is 1.29. The number of halogens is 1. The second-order valence-electron chi connectivity index (χ2n) is 3.47. The molecule has 0 aromatic carbocycles. The van der Waals surface area contributed by atoms with Crippen LogP contribution in [0.3, 0.4) is 0 Å². The normalized spacial score (nSPS) is 10.3. The van der Waals surface area contributed by atoms with Crippen molar-refractivity contribution in [3.05, 3.63) is 29.1 Å². The molecule has 0 atom stereocenters. The molecule has 0 radical (unpaired) electrons. The van der Waals surface area contributed by atoms with Crippen molar-refractivity contribution in [1.82, 2.24) is 9.97 Å². The minimum atomic E-state index is -0.215. The lowest BCUT2D eigenvalue weighted by molar-refractivity contribution is -0.114. The number of hydrogen-bond donors (Lipinski definition) is 1. The molecule has 0 spiro atoms. The van der Waals surface area contributed by atoms with Crippen LogP contribution in [0.15, 0.2) is 22.8 Å². The summed E-state index contributed by atoms with van der Waals surface area (Å²) in [5, 5.41) is 2.89. The zero-order valence-electron chi connectivity index (χ0n) is 9.32. The summed E-state index contributed by atoms with van der Waals surface area (Å²) >= 11 is 5.98. The summed E-state index contributed by atoms with van der Waals surface area (Å²) < 4.78 is 5.18. The van der Waals surface area contributed by atoms with E-state index in [-0.39, 0.29) is 11.1 Å². The van der Waals surface area contributed by atoms with E-state index < -0.39 is 0 Å². The highest BCUT2D eigenvalue weighted by molar-refractivity contribution is 6.30. The molecule has 0 saturated carbocycles. The first-order valence-corrected chi connectivity index (χ1v) is 5.31. The van der Waals surface area contributed by atoms with Gasteiger partial charge in [-0.3, -0.25) is 4.79 Å². The van der Waals surface area contributed by atoms with Crippen LogP contribution in [0.5, 0.6) is 0 Å². The van der Waals surface area contributed by atoms with Crippen LogP contribution in [0.4, 0.5) is 5.82 Å². The Hall–Kier alpha value is -1.88. The average Bonchev–Trinajstić information content (AvgIpc) is 2.77. The van der Waals surface area contributed by atoms with Gasteiger partial charge in [0, 0.05) is 12.5 Å². The minimum absolute atomic E-state index is 0.215. The molecule has 5 nitrogen and oxygen atoms in total. The van der Waals surface area contributed by atoms with Gasteiger partial charge in [-0.2, -0.15) is 0 Å². The Bertz CT molecular complexity index is 552. The molecule has 2 rings (SSSR count). The predicted octanol–water partition coefficient (Wildman–Crippen LogP) is 2.66. The summed E-state index contributed by atoms with van der Waals surface area (Å²) in [6, 6.07) is 3.45. The topological polar surface area (TPSA) is 68.0 Å².